The maximum Gasteiger partial charge on any atom is 0.249 e. The number of aromatic nitrogens is 2. The number of nitrogens with one attached hydrogen (secondary N) is 2. The molecule has 1 aromatic heterocycles. The summed E-state index contributed by atoms with van der Waals surface area (Å²) in [5.74, 6) is 2.81. The highest BCUT2D eigenvalue weighted by molar-refractivity contribution is 5.98. The highest BCUT2D eigenvalue weighted by atomic mass is 16.2. The van der Waals surface area contributed by atoms with Crippen LogP contribution in [0.1, 0.15) is 51.4 Å². The fraction of sp³-hybridized carbons (Fsp3) is 0.609. The zero-order valence-corrected chi connectivity index (χ0v) is 16.7. The third-order valence-electron chi connectivity index (χ3n) is 7.94. The Morgan fingerprint density at radius 1 is 1.07 bits per heavy atom. The molecule has 2 N–H and O–H groups in total. The zero-order chi connectivity index (χ0) is 19.6. The molecule has 6 nitrogen and oxygen atoms in total. The number of benzene rings is 1. The number of para-hydroxylation sites is 2. The van der Waals surface area contributed by atoms with Crippen molar-refractivity contribution in [2.24, 2.45) is 23.2 Å². The Hall–Kier alpha value is -2.37. The van der Waals surface area contributed by atoms with Gasteiger partial charge in [0.1, 0.15) is 6.04 Å². The number of hydrogen-bond donors (Lipinski definition) is 2. The van der Waals surface area contributed by atoms with Crippen LogP contribution in [0.4, 0.5) is 5.95 Å². The average Bonchev–Trinajstić information content (AvgIpc) is 3.32. The van der Waals surface area contributed by atoms with E-state index in [2.05, 4.69) is 15.3 Å². The van der Waals surface area contributed by atoms with Crippen molar-refractivity contribution in [3.8, 4) is 0 Å². The number of nitrogens with zero attached hydrogens (tertiary/aromatic N) is 2. The van der Waals surface area contributed by atoms with Gasteiger partial charge in [0.15, 0.2) is 0 Å². The number of anilines is 1. The molecule has 2 heterocycles. The molecule has 5 fully saturated rings. The second kappa shape index (κ2) is 6.31. The van der Waals surface area contributed by atoms with Gasteiger partial charge >= 0.3 is 0 Å². The summed E-state index contributed by atoms with van der Waals surface area (Å²) in [5, 5.41) is 2.93. The molecule has 2 aromatic rings. The smallest absolute Gasteiger partial charge is 0.249 e. The molecule has 4 aliphatic carbocycles. The van der Waals surface area contributed by atoms with E-state index < -0.39 is 0 Å². The fourth-order valence-corrected chi connectivity index (χ4v) is 7.17. The number of hydrogen-bond acceptors (Lipinski definition) is 3. The first-order chi connectivity index (χ1) is 14.1. The van der Waals surface area contributed by atoms with Gasteiger partial charge in [-0.3, -0.25) is 14.9 Å². The molecule has 1 atom stereocenters. The lowest BCUT2D eigenvalue weighted by Gasteiger charge is -2.56. The van der Waals surface area contributed by atoms with E-state index in [1.807, 2.05) is 29.2 Å². The minimum Gasteiger partial charge on any atom is -0.330 e. The number of carbonyl (C=O) groups excluding carboxylic acids is 2. The molecule has 1 aliphatic heterocycles. The normalized spacial score (nSPS) is 35.4. The van der Waals surface area contributed by atoms with Crippen LogP contribution in [0.3, 0.4) is 0 Å². The van der Waals surface area contributed by atoms with Crippen molar-refractivity contribution in [3.05, 3.63) is 24.3 Å². The van der Waals surface area contributed by atoms with Gasteiger partial charge in [-0.15, -0.1) is 0 Å². The topological polar surface area (TPSA) is 78.1 Å². The summed E-state index contributed by atoms with van der Waals surface area (Å²) in [4.78, 5) is 36.3. The van der Waals surface area contributed by atoms with Gasteiger partial charge in [-0.05, 0) is 81.3 Å². The maximum atomic E-state index is 13.7. The third-order valence-corrected chi connectivity index (χ3v) is 7.94. The van der Waals surface area contributed by atoms with Crippen LogP contribution >= 0.6 is 0 Å². The molecule has 6 heteroatoms. The molecule has 0 radical (unpaired) electrons. The molecule has 5 aliphatic rings. The van der Waals surface area contributed by atoms with E-state index in [-0.39, 0.29) is 23.3 Å². The van der Waals surface area contributed by atoms with Crippen LogP contribution in [0, 0.1) is 23.2 Å². The van der Waals surface area contributed by atoms with Crippen LogP contribution in [-0.4, -0.2) is 39.3 Å². The van der Waals surface area contributed by atoms with E-state index in [0.29, 0.717) is 12.5 Å². The van der Waals surface area contributed by atoms with E-state index in [1.54, 1.807) is 0 Å². The Labute approximate surface area is 170 Å². The van der Waals surface area contributed by atoms with Crippen molar-refractivity contribution in [3.63, 3.8) is 0 Å². The number of carbonyl (C=O) groups is 2. The first kappa shape index (κ1) is 17.5. The first-order valence-electron chi connectivity index (χ1n) is 11.2. The molecule has 0 unspecified atom stereocenters. The van der Waals surface area contributed by atoms with Gasteiger partial charge in [0.25, 0.3) is 0 Å². The van der Waals surface area contributed by atoms with Crippen molar-refractivity contribution < 1.29 is 9.59 Å². The third kappa shape index (κ3) is 2.79. The van der Waals surface area contributed by atoms with Crippen molar-refractivity contribution in [1.29, 1.82) is 0 Å². The van der Waals surface area contributed by atoms with Crippen molar-refractivity contribution in [2.75, 3.05) is 11.9 Å². The van der Waals surface area contributed by atoms with Crippen LogP contribution in [0.5, 0.6) is 0 Å². The van der Waals surface area contributed by atoms with Gasteiger partial charge in [0.2, 0.25) is 17.8 Å². The van der Waals surface area contributed by atoms with Gasteiger partial charge in [-0.1, -0.05) is 12.1 Å². The summed E-state index contributed by atoms with van der Waals surface area (Å²) in [6, 6.07) is 7.35. The SMILES string of the molecule is O=C(Nc1nc2ccccc2[nH]1)[C@@H]1CCCN1C(=O)C12CC3CC(CC(C3)C1)C2. The Balaban J connectivity index is 1.21. The highest BCUT2D eigenvalue weighted by Gasteiger charge is 2.56. The molecule has 29 heavy (non-hydrogen) atoms. The molecular weight excluding hydrogens is 364 g/mol. The molecule has 1 aromatic carbocycles. The second-order valence-corrected chi connectivity index (χ2v) is 9.95. The summed E-state index contributed by atoms with van der Waals surface area (Å²) in [7, 11) is 0. The standard InChI is InChI=1S/C23H28N4O2/c28-20(26-22-24-17-4-1-2-5-18(17)25-22)19-6-3-7-27(19)21(29)23-11-14-8-15(12-23)10-16(9-14)13-23/h1-2,4-5,14-16,19H,3,6-13H2,(H2,24,25,26,28)/t14?,15?,16?,19-,23?/m0/s1. The first-order valence-corrected chi connectivity index (χ1v) is 11.2. The summed E-state index contributed by atoms with van der Waals surface area (Å²) in [5.41, 5.74) is 1.54. The van der Waals surface area contributed by atoms with E-state index in [1.165, 1.54) is 19.3 Å². The maximum absolute atomic E-state index is 13.7. The summed E-state index contributed by atoms with van der Waals surface area (Å²) in [6.45, 7) is 0.707. The molecule has 7 rings (SSSR count). The Bertz CT molecular complexity index is 912. The largest absolute Gasteiger partial charge is 0.330 e. The van der Waals surface area contributed by atoms with Crippen LogP contribution in [0.2, 0.25) is 0 Å². The van der Waals surface area contributed by atoms with Crippen LogP contribution in [0.25, 0.3) is 11.0 Å². The zero-order valence-electron chi connectivity index (χ0n) is 16.7. The van der Waals surface area contributed by atoms with Gasteiger partial charge in [0.05, 0.1) is 16.4 Å². The minimum absolute atomic E-state index is 0.111. The molecule has 2 amide bonds. The number of H-pyrrole nitrogens is 1. The number of imidazole rings is 1. The highest BCUT2D eigenvalue weighted by Crippen LogP contribution is 2.60. The summed E-state index contributed by atoms with van der Waals surface area (Å²) in [6.07, 6.45) is 8.75. The average molecular weight is 393 g/mol. The summed E-state index contributed by atoms with van der Waals surface area (Å²) < 4.78 is 0. The predicted octanol–water partition coefficient (Wildman–Crippen LogP) is 3.71. The summed E-state index contributed by atoms with van der Waals surface area (Å²) >= 11 is 0. The Kier molecular flexibility index (Phi) is 3.81. The van der Waals surface area contributed by atoms with Crippen molar-refractivity contribution >= 4 is 28.8 Å². The van der Waals surface area contributed by atoms with Gasteiger partial charge < -0.3 is 9.88 Å². The van der Waals surface area contributed by atoms with E-state index in [0.717, 1.165) is 60.9 Å². The monoisotopic (exact) mass is 392 g/mol. The molecule has 0 spiro atoms. The van der Waals surface area contributed by atoms with Crippen LogP contribution in [-0.2, 0) is 9.59 Å². The quantitative estimate of drug-likeness (QED) is 0.836. The molecule has 4 bridgehead atoms. The number of rotatable bonds is 3. The fourth-order valence-electron chi connectivity index (χ4n) is 7.17. The van der Waals surface area contributed by atoms with E-state index >= 15 is 0 Å². The van der Waals surface area contributed by atoms with Crippen molar-refractivity contribution in [1.82, 2.24) is 14.9 Å². The predicted molar refractivity (Wildman–Crippen MR) is 110 cm³/mol. The molecule has 4 saturated carbocycles. The number of aromatic amines is 1. The molecular formula is C23H28N4O2. The lowest BCUT2D eigenvalue weighted by atomic mass is 9.49. The minimum atomic E-state index is -0.372. The van der Waals surface area contributed by atoms with Crippen LogP contribution in [0.15, 0.2) is 24.3 Å². The van der Waals surface area contributed by atoms with Crippen LogP contribution < -0.4 is 5.32 Å². The van der Waals surface area contributed by atoms with Gasteiger partial charge in [-0.25, -0.2) is 4.98 Å². The second-order valence-electron chi connectivity index (χ2n) is 9.95. The lowest BCUT2D eigenvalue weighted by molar-refractivity contribution is -0.160. The number of amides is 2. The number of likely N-dealkylation sites (tertiary alicyclic amines) is 1. The van der Waals surface area contributed by atoms with Gasteiger partial charge in [0, 0.05) is 6.54 Å². The molecule has 1 saturated heterocycles. The molecule has 152 valence electrons. The van der Waals surface area contributed by atoms with Crippen molar-refractivity contribution in [2.45, 2.75) is 57.4 Å². The van der Waals surface area contributed by atoms with Gasteiger partial charge in [-0.2, -0.15) is 0 Å². The lowest BCUT2D eigenvalue weighted by Crippen LogP contribution is -2.56. The Morgan fingerprint density at radius 2 is 1.76 bits per heavy atom. The van der Waals surface area contributed by atoms with E-state index in [9.17, 15) is 9.59 Å². The number of fused-ring (bicyclic) bond motifs is 1. The van der Waals surface area contributed by atoms with E-state index in [4.69, 9.17) is 0 Å². The Morgan fingerprint density at radius 3 is 2.45 bits per heavy atom.